The van der Waals surface area contributed by atoms with Gasteiger partial charge in [-0.25, -0.2) is 0 Å². The number of rotatable bonds is 2. The summed E-state index contributed by atoms with van der Waals surface area (Å²) in [6.07, 6.45) is 9.09. The van der Waals surface area contributed by atoms with Crippen LogP contribution in [-0.2, 0) is 0 Å². The summed E-state index contributed by atoms with van der Waals surface area (Å²) in [6.45, 7) is 6.17. The Morgan fingerprint density at radius 3 is 2.70 bits per heavy atom. The first-order valence-corrected chi connectivity index (χ1v) is 4.45. The van der Waals surface area contributed by atoms with Crippen LogP contribution in [0.2, 0.25) is 0 Å². The summed E-state index contributed by atoms with van der Waals surface area (Å²) in [5.41, 5.74) is 0. The first kappa shape index (κ1) is 7.84. The van der Waals surface area contributed by atoms with Gasteiger partial charge in [-0.15, -0.1) is 6.58 Å². The minimum atomic E-state index is 0.950. The molecule has 0 aromatic rings. The summed E-state index contributed by atoms with van der Waals surface area (Å²) in [5.74, 6) is 1.90. The molecule has 58 valence electrons. The summed E-state index contributed by atoms with van der Waals surface area (Å²) in [5, 5.41) is 0. The maximum absolute atomic E-state index is 3.79. The Hall–Kier alpha value is -0.260. The first-order chi connectivity index (χ1) is 4.84. The van der Waals surface area contributed by atoms with Crippen molar-refractivity contribution in [1.29, 1.82) is 0 Å². The summed E-state index contributed by atoms with van der Waals surface area (Å²) in [4.78, 5) is 0. The van der Waals surface area contributed by atoms with Crippen LogP contribution in [0.4, 0.5) is 0 Å². The van der Waals surface area contributed by atoms with E-state index < -0.39 is 0 Å². The fraction of sp³-hybridized carbons (Fsp3) is 0.800. The molecule has 0 unspecified atom stereocenters. The van der Waals surface area contributed by atoms with Crippen LogP contribution in [0, 0.1) is 11.8 Å². The van der Waals surface area contributed by atoms with Crippen molar-refractivity contribution >= 4 is 0 Å². The lowest BCUT2D eigenvalue weighted by Crippen LogP contribution is -2.15. The molecule has 0 aliphatic heterocycles. The van der Waals surface area contributed by atoms with E-state index in [1.54, 1.807) is 0 Å². The van der Waals surface area contributed by atoms with E-state index in [1.165, 1.54) is 32.1 Å². The third kappa shape index (κ3) is 1.86. The monoisotopic (exact) mass is 138 g/mol. The summed E-state index contributed by atoms with van der Waals surface area (Å²) >= 11 is 0. The quantitative estimate of drug-likeness (QED) is 0.513. The third-order valence-corrected chi connectivity index (χ3v) is 2.76. The molecule has 0 nitrogen and oxygen atoms in total. The van der Waals surface area contributed by atoms with Gasteiger partial charge in [0.25, 0.3) is 0 Å². The van der Waals surface area contributed by atoms with Crippen molar-refractivity contribution in [3.63, 3.8) is 0 Å². The van der Waals surface area contributed by atoms with E-state index in [2.05, 4.69) is 19.6 Å². The molecular weight excluding hydrogens is 120 g/mol. The molecule has 0 heterocycles. The van der Waals surface area contributed by atoms with Crippen molar-refractivity contribution in [2.75, 3.05) is 0 Å². The fourth-order valence-corrected chi connectivity index (χ4v) is 1.96. The van der Waals surface area contributed by atoms with Gasteiger partial charge in [-0.3, -0.25) is 0 Å². The molecule has 2 atom stereocenters. The second-order valence-electron chi connectivity index (χ2n) is 3.55. The Kier molecular flexibility index (Phi) is 2.98. The predicted octanol–water partition coefficient (Wildman–Crippen LogP) is 3.39. The maximum Gasteiger partial charge on any atom is -0.0322 e. The molecule has 10 heavy (non-hydrogen) atoms. The largest absolute Gasteiger partial charge is 0.103 e. The van der Waals surface area contributed by atoms with E-state index in [0.717, 1.165) is 11.8 Å². The highest BCUT2D eigenvalue weighted by atomic mass is 14.2. The molecule has 0 amide bonds. The standard InChI is InChI=1S/C10H18/c1-3-6-10-8-5-4-7-9(10)2/h3,9-10H,1,4-8H2,2H3/t9-,10+/m1/s1. The first-order valence-electron chi connectivity index (χ1n) is 4.45. The zero-order chi connectivity index (χ0) is 7.40. The molecule has 1 rings (SSSR count). The van der Waals surface area contributed by atoms with Gasteiger partial charge in [0.15, 0.2) is 0 Å². The summed E-state index contributed by atoms with van der Waals surface area (Å²) in [7, 11) is 0. The SMILES string of the molecule is C=CC[C@H]1CCCC[C@H]1C. The molecule has 0 radical (unpaired) electrons. The van der Waals surface area contributed by atoms with Gasteiger partial charge in [0.1, 0.15) is 0 Å². The molecule has 0 saturated heterocycles. The highest BCUT2D eigenvalue weighted by molar-refractivity contribution is 4.79. The minimum Gasteiger partial charge on any atom is -0.103 e. The van der Waals surface area contributed by atoms with Crippen LogP contribution >= 0.6 is 0 Å². The molecule has 0 spiro atoms. The Morgan fingerprint density at radius 1 is 1.40 bits per heavy atom. The molecule has 1 aliphatic rings. The predicted molar refractivity (Wildman–Crippen MR) is 45.9 cm³/mol. The topological polar surface area (TPSA) is 0 Å². The lowest BCUT2D eigenvalue weighted by Gasteiger charge is -2.27. The van der Waals surface area contributed by atoms with Crippen LogP contribution in [0.15, 0.2) is 12.7 Å². The van der Waals surface area contributed by atoms with Crippen molar-refractivity contribution in [1.82, 2.24) is 0 Å². The van der Waals surface area contributed by atoms with E-state index in [4.69, 9.17) is 0 Å². The van der Waals surface area contributed by atoms with Gasteiger partial charge in [0.05, 0.1) is 0 Å². The van der Waals surface area contributed by atoms with Crippen LogP contribution in [0.1, 0.15) is 39.0 Å². The zero-order valence-electron chi connectivity index (χ0n) is 6.97. The number of allylic oxidation sites excluding steroid dienone is 1. The van der Waals surface area contributed by atoms with E-state index in [9.17, 15) is 0 Å². The van der Waals surface area contributed by atoms with Gasteiger partial charge in [0, 0.05) is 0 Å². The number of hydrogen-bond donors (Lipinski definition) is 0. The lowest BCUT2D eigenvalue weighted by atomic mass is 9.79. The molecule has 0 N–H and O–H groups in total. The van der Waals surface area contributed by atoms with Gasteiger partial charge in [-0.2, -0.15) is 0 Å². The normalized spacial score (nSPS) is 33.7. The van der Waals surface area contributed by atoms with Crippen molar-refractivity contribution < 1.29 is 0 Å². The van der Waals surface area contributed by atoms with Crippen LogP contribution in [0.25, 0.3) is 0 Å². The smallest absolute Gasteiger partial charge is 0.0322 e. The minimum absolute atomic E-state index is 0.950. The van der Waals surface area contributed by atoms with E-state index in [0.29, 0.717) is 0 Å². The average Bonchev–Trinajstić information content (AvgIpc) is 1.94. The molecule has 1 aliphatic carbocycles. The van der Waals surface area contributed by atoms with Gasteiger partial charge < -0.3 is 0 Å². The maximum atomic E-state index is 3.79. The van der Waals surface area contributed by atoms with Crippen LogP contribution < -0.4 is 0 Å². The molecule has 1 saturated carbocycles. The lowest BCUT2D eigenvalue weighted by molar-refractivity contribution is 0.258. The fourth-order valence-electron chi connectivity index (χ4n) is 1.96. The molecule has 0 bridgehead atoms. The molecule has 0 aromatic heterocycles. The van der Waals surface area contributed by atoms with Crippen molar-refractivity contribution in [2.45, 2.75) is 39.0 Å². The van der Waals surface area contributed by atoms with Crippen LogP contribution in [-0.4, -0.2) is 0 Å². The Bertz CT molecular complexity index is 105. The Morgan fingerprint density at radius 2 is 2.10 bits per heavy atom. The Labute approximate surface area is 64.3 Å². The highest BCUT2D eigenvalue weighted by Crippen LogP contribution is 2.31. The zero-order valence-corrected chi connectivity index (χ0v) is 6.97. The molecular formula is C10H18. The highest BCUT2D eigenvalue weighted by Gasteiger charge is 2.19. The van der Waals surface area contributed by atoms with Gasteiger partial charge >= 0.3 is 0 Å². The molecule has 0 heteroatoms. The second-order valence-corrected chi connectivity index (χ2v) is 3.55. The molecule has 0 aromatic carbocycles. The summed E-state index contributed by atoms with van der Waals surface area (Å²) in [6, 6.07) is 0. The van der Waals surface area contributed by atoms with E-state index in [-0.39, 0.29) is 0 Å². The van der Waals surface area contributed by atoms with Gasteiger partial charge in [-0.1, -0.05) is 32.3 Å². The molecule has 1 fully saturated rings. The number of hydrogen-bond acceptors (Lipinski definition) is 0. The van der Waals surface area contributed by atoms with Crippen molar-refractivity contribution in [3.8, 4) is 0 Å². The second kappa shape index (κ2) is 3.80. The van der Waals surface area contributed by atoms with Crippen molar-refractivity contribution in [3.05, 3.63) is 12.7 Å². The van der Waals surface area contributed by atoms with Gasteiger partial charge in [-0.05, 0) is 24.7 Å². The van der Waals surface area contributed by atoms with E-state index >= 15 is 0 Å². The van der Waals surface area contributed by atoms with Crippen LogP contribution in [0.3, 0.4) is 0 Å². The van der Waals surface area contributed by atoms with E-state index in [1.807, 2.05) is 0 Å². The average molecular weight is 138 g/mol. The Balaban J connectivity index is 2.32. The van der Waals surface area contributed by atoms with Gasteiger partial charge in [0.2, 0.25) is 0 Å². The summed E-state index contributed by atoms with van der Waals surface area (Å²) < 4.78 is 0. The van der Waals surface area contributed by atoms with Crippen molar-refractivity contribution in [2.24, 2.45) is 11.8 Å². The third-order valence-electron chi connectivity index (χ3n) is 2.76. The van der Waals surface area contributed by atoms with Crippen LogP contribution in [0.5, 0.6) is 0 Å².